The summed E-state index contributed by atoms with van der Waals surface area (Å²) in [4.78, 5) is 24.2. The van der Waals surface area contributed by atoms with Gasteiger partial charge in [-0.2, -0.15) is 5.26 Å². The molecule has 0 rings (SSSR count). The minimum atomic E-state index is -0.488. The molecule has 0 aliphatic carbocycles. The van der Waals surface area contributed by atoms with Gasteiger partial charge in [-0.1, -0.05) is 0 Å². The smallest absolute Gasteiger partial charge is 0.325 e. The minimum absolute atomic E-state index is 0.178. The van der Waals surface area contributed by atoms with Gasteiger partial charge in [0.1, 0.15) is 6.54 Å². The van der Waals surface area contributed by atoms with E-state index in [-0.39, 0.29) is 19.6 Å². The summed E-state index contributed by atoms with van der Waals surface area (Å²) in [6.07, 6.45) is 0.233. The maximum atomic E-state index is 11.7. The largest absolute Gasteiger partial charge is 0.465 e. The lowest BCUT2D eigenvalue weighted by Crippen LogP contribution is -2.44. The van der Waals surface area contributed by atoms with Crippen LogP contribution >= 0.6 is 0 Å². The van der Waals surface area contributed by atoms with E-state index in [1.807, 2.05) is 6.07 Å². The number of nitrogens with zero attached hydrogens (tertiary/aromatic N) is 2. The number of urea groups is 1. The lowest BCUT2D eigenvalue weighted by molar-refractivity contribution is -0.141. The van der Waals surface area contributed by atoms with Crippen LogP contribution in [0, 0.1) is 11.3 Å². The Morgan fingerprint density at radius 2 is 2.11 bits per heavy atom. The topological polar surface area (TPSA) is 91.7 Å². The second kappa shape index (κ2) is 10.4. The highest BCUT2D eigenvalue weighted by molar-refractivity contribution is 5.80. The van der Waals surface area contributed by atoms with Gasteiger partial charge < -0.3 is 19.7 Å². The van der Waals surface area contributed by atoms with Crippen molar-refractivity contribution in [1.29, 1.82) is 5.26 Å². The summed E-state index contributed by atoms with van der Waals surface area (Å²) < 4.78 is 9.56. The van der Waals surface area contributed by atoms with Gasteiger partial charge in [-0.15, -0.1) is 0 Å². The SMILES string of the molecule is CCOC(=O)CNC(=O)N(CCC#N)CCOC. The van der Waals surface area contributed by atoms with Gasteiger partial charge in [0.15, 0.2) is 0 Å². The van der Waals surface area contributed by atoms with Crippen molar-refractivity contribution in [2.45, 2.75) is 13.3 Å². The fraction of sp³-hybridized carbons (Fsp3) is 0.727. The lowest BCUT2D eigenvalue weighted by Gasteiger charge is -2.21. The van der Waals surface area contributed by atoms with Gasteiger partial charge in [0.25, 0.3) is 0 Å². The third-order valence-electron chi connectivity index (χ3n) is 2.04. The molecule has 0 aromatic carbocycles. The first-order chi connectivity index (χ1) is 8.65. The molecule has 0 atom stereocenters. The molecular formula is C11H19N3O4. The standard InChI is InChI=1S/C11H19N3O4/c1-3-18-10(15)9-13-11(16)14(6-4-5-12)7-8-17-2/h3-4,6-9H2,1-2H3,(H,13,16). The molecule has 0 unspecified atom stereocenters. The fourth-order valence-corrected chi connectivity index (χ4v) is 1.17. The Kier molecular flexibility index (Phi) is 9.31. The monoisotopic (exact) mass is 257 g/mol. The summed E-state index contributed by atoms with van der Waals surface area (Å²) >= 11 is 0. The zero-order valence-electron chi connectivity index (χ0n) is 10.8. The van der Waals surface area contributed by atoms with Crippen LogP contribution in [-0.4, -0.2) is 56.9 Å². The van der Waals surface area contributed by atoms with E-state index in [1.165, 1.54) is 12.0 Å². The zero-order chi connectivity index (χ0) is 13.8. The van der Waals surface area contributed by atoms with Gasteiger partial charge >= 0.3 is 12.0 Å². The quantitative estimate of drug-likeness (QED) is 0.624. The van der Waals surface area contributed by atoms with Crippen molar-refractivity contribution in [1.82, 2.24) is 10.2 Å². The summed E-state index contributed by atoms with van der Waals surface area (Å²) in [5, 5.41) is 10.9. The Hall–Kier alpha value is -1.81. The predicted molar refractivity (Wildman–Crippen MR) is 63.7 cm³/mol. The molecule has 1 N–H and O–H groups in total. The fourth-order valence-electron chi connectivity index (χ4n) is 1.17. The van der Waals surface area contributed by atoms with Crippen LogP contribution in [0.5, 0.6) is 0 Å². The summed E-state index contributed by atoms with van der Waals surface area (Å²) in [5.74, 6) is -0.488. The number of hydrogen-bond donors (Lipinski definition) is 1. The molecule has 0 spiro atoms. The number of ether oxygens (including phenoxy) is 2. The molecule has 102 valence electrons. The second-order valence-electron chi connectivity index (χ2n) is 3.35. The number of esters is 1. The van der Waals surface area contributed by atoms with E-state index in [2.05, 4.69) is 10.1 Å². The van der Waals surface area contributed by atoms with Gasteiger partial charge in [0, 0.05) is 20.2 Å². The molecule has 0 aliphatic rings. The van der Waals surface area contributed by atoms with Crippen LogP contribution in [0.2, 0.25) is 0 Å². The molecule has 0 heterocycles. The number of carbonyl (C=O) groups is 2. The molecule has 0 aliphatic heterocycles. The lowest BCUT2D eigenvalue weighted by atomic mass is 10.4. The minimum Gasteiger partial charge on any atom is -0.465 e. The van der Waals surface area contributed by atoms with Crippen LogP contribution in [0.1, 0.15) is 13.3 Å². The van der Waals surface area contributed by atoms with E-state index < -0.39 is 12.0 Å². The number of nitriles is 1. The molecule has 0 aromatic rings. The molecule has 0 bridgehead atoms. The first kappa shape index (κ1) is 16.2. The van der Waals surface area contributed by atoms with E-state index in [0.29, 0.717) is 19.7 Å². The number of rotatable bonds is 8. The van der Waals surface area contributed by atoms with Gasteiger partial charge in [-0.05, 0) is 6.92 Å². The number of nitrogens with one attached hydrogen (secondary N) is 1. The highest BCUT2D eigenvalue weighted by atomic mass is 16.5. The Morgan fingerprint density at radius 1 is 1.39 bits per heavy atom. The first-order valence-corrected chi connectivity index (χ1v) is 5.70. The summed E-state index contributed by atoms with van der Waals surface area (Å²) in [5.41, 5.74) is 0. The summed E-state index contributed by atoms with van der Waals surface area (Å²) in [7, 11) is 1.53. The Bertz CT molecular complexity index is 301. The predicted octanol–water partition coefficient (Wildman–Crippen LogP) is 0.121. The Morgan fingerprint density at radius 3 is 2.67 bits per heavy atom. The van der Waals surface area contributed by atoms with E-state index in [0.717, 1.165) is 0 Å². The maximum absolute atomic E-state index is 11.7. The average molecular weight is 257 g/mol. The van der Waals surface area contributed by atoms with E-state index in [1.54, 1.807) is 6.92 Å². The summed E-state index contributed by atoms with van der Waals surface area (Å²) in [6, 6.07) is 1.55. The van der Waals surface area contributed by atoms with Crippen LogP contribution in [0.3, 0.4) is 0 Å². The van der Waals surface area contributed by atoms with Crippen LogP contribution in [0.25, 0.3) is 0 Å². The molecular weight excluding hydrogens is 238 g/mol. The Balaban J connectivity index is 4.11. The molecule has 0 aromatic heterocycles. The molecule has 0 radical (unpaired) electrons. The first-order valence-electron chi connectivity index (χ1n) is 5.70. The third kappa shape index (κ3) is 7.46. The van der Waals surface area contributed by atoms with Crippen LogP contribution in [0.4, 0.5) is 4.79 Å². The van der Waals surface area contributed by atoms with Crippen molar-refractivity contribution in [2.75, 3.05) is 40.0 Å². The van der Waals surface area contributed by atoms with Gasteiger partial charge in [0.05, 0.1) is 25.7 Å². The number of hydrogen-bond acceptors (Lipinski definition) is 5. The number of methoxy groups -OCH3 is 1. The molecule has 0 saturated heterocycles. The molecule has 18 heavy (non-hydrogen) atoms. The van der Waals surface area contributed by atoms with Crippen molar-refractivity contribution in [3.63, 3.8) is 0 Å². The molecule has 2 amide bonds. The number of amides is 2. The number of carbonyl (C=O) groups excluding carboxylic acids is 2. The zero-order valence-corrected chi connectivity index (χ0v) is 10.8. The highest BCUT2D eigenvalue weighted by Crippen LogP contribution is 1.93. The maximum Gasteiger partial charge on any atom is 0.325 e. The van der Waals surface area contributed by atoms with E-state index in [9.17, 15) is 9.59 Å². The van der Waals surface area contributed by atoms with Gasteiger partial charge in [-0.3, -0.25) is 4.79 Å². The van der Waals surface area contributed by atoms with Crippen LogP contribution < -0.4 is 5.32 Å². The van der Waals surface area contributed by atoms with Crippen molar-refractivity contribution in [3.05, 3.63) is 0 Å². The van der Waals surface area contributed by atoms with E-state index >= 15 is 0 Å². The van der Waals surface area contributed by atoms with Gasteiger partial charge in [0.2, 0.25) is 0 Å². The second-order valence-corrected chi connectivity index (χ2v) is 3.35. The highest BCUT2D eigenvalue weighted by Gasteiger charge is 2.13. The van der Waals surface area contributed by atoms with Crippen LogP contribution in [0.15, 0.2) is 0 Å². The molecule has 7 nitrogen and oxygen atoms in total. The van der Waals surface area contributed by atoms with E-state index in [4.69, 9.17) is 10.00 Å². The van der Waals surface area contributed by atoms with Crippen molar-refractivity contribution >= 4 is 12.0 Å². The molecule has 7 heteroatoms. The average Bonchev–Trinajstić information content (AvgIpc) is 2.36. The molecule has 0 fully saturated rings. The third-order valence-corrected chi connectivity index (χ3v) is 2.04. The summed E-state index contributed by atoms with van der Waals surface area (Å²) in [6.45, 7) is 2.83. The van der Waals surface area contributed by atoms with Crippen molar-refractivity contribution in [2.24, 2.45) is 0 Å². The van der Waals surface area contributed by atoms with Crippen molar-refractivity contribution < 1.29 is 19.1 Å². The van der Waals surface area contributed by atoms with Crippen LogP contribution in [-0.2, 0) is 14.3 Å². The van der Waals surface area contributed by atoms with Crippen molar-refractivity contribution in [3.8, 4) is 6.07 Å². The normalized spacial score (nSPS) is 9.39. The molecule has 0 saturated carbocycles. The Labute approximate surface area is 107 Å². The van der Waals surface area contributed by atoms with Gasteiger partial charge in [-0.25, -0.2) is 4.79 Å².